The molecule has 9 heteroatoms. The molecule has 0 bridgehead atoms. The van der Waals surface area contributed by atoms with Gasteiger partial charge < -0.3 is 4.90 Å². The zero-order valence-electron chi connectivity index (χ0n) is 15.8. The smallest absolute Gasteiger partial charge is 0.356 e. The molecule has 2 aromatic carbocycles. The average Bonchev–Trinajstić information content (AvgIpc) is 3.17. The Morgan fingerprint density at radius 1 is 0.967 bits per heavy atom. The van der Waals surface area contributed by atoms with Gasteiger partial charge in [0.15, 0.2) is 5.65 Å². The van der Waals surface area contributed by atoms with Crippen molar-refractivity contribution in [3.05, 3.63) is 53.1 Å². The predicted octanol–water partition coefficient (Wildman–Crippen LogP) is 5.61. The SMILES string of the molecule is FC(F)(F)c1cccc(-c2nnn3c2nc(N2CCCCC2)c2cc(Cl)ccc23)c1. The van der Waals surface area contributed by atoms with Gasteiger partial charge in [-0.3, -0.25) is 0 Å². The molecule has 1 aliphatic rings. The second-order valence-corrected chi connectivity index (χ2v) is 7.83. The monoisotopic (exact) mass is 431 g/mol. The first-order valence-electron chi connectivity index (χ1n) is 9.69. The summed E-state index contributed by atoms with van der Waals surface area (Å²) in [5.41, 5.74) is 1.09. The summed E-state index contributed by atoms with van der Waals surface area (Å²) in [7, 11) is 0. The largest absolute Gasteiger partial charge is 0.416 e. The molecule has 0 N–H and O–H groups in total. The van der Waals surface area contributed by atoms with E-state index >= 15 is 0 Å². The van der Waals surface area contributed by atoms with Crippen molar-refractivity contribution in [1.29, 1.82) is 0 Å². The molecular weight excluding hydrogens is 415 g/mol. The summed E-state index contributed by atoms with van der Waals surface area (Å²) in [6.07, 6.45) is -1.14. The molecule has 1 saturated heterocycles. The molecule has 0 spiro atoms. The van der Waals surface area contributed by atoms with Crippen LogP contribution >= 0.6 is 11.6 Å². The highest BCUT2D eigenvalue weighted by Crippen LogP contribution is 2.35. The first-order chi connectivity index (χ1) is 14.4. The Morgan fingerprint density at radius 2 is 1.77 bits per heavy atom. The number of halogens is 4. The van der Waals surface area contributed by atoms with E-state index in [-0.39, 0.29) is 0 Å². The molecule has 0 saturated carbocycles. The van der Waals surface area contributed by atoms with Crippen molar-refractivity contribution in [3.8, 4) is 11.3 Å². The molecule has 0 amide bonds. The van der Waals surface area contributed by atoms with Crippen molar-refractivity contribution in [2.75, 3.05) is 18.0 Å². The summed E-state index contributed by atoms with van der Waals surface area (Å²) in [4.78, 5) is 7.02. The topological polar surface area (TPSA) is 46.3 Å². The van der Waals surface area contributed by atoms with Gasteiger partial charge >= 0.3 is 6.18 Å². The molecular formula is C21H17ClF3N5. The van der Waals surface area contributed by atoms with Gasteiger partial charge in [-0.15, -0.1) is 5.10 Å². The molecule has 5 rings (SSSR count). The summed E-state index contributed by atoms with van der Waals surface area (Å²) in [5, 5.41) is 9.80. The van der Waals surface area contributed by atoms with Gasteiger partial charge in [-0.05, 0) is 49.6 Å². The van der Waals surface area contributed by atoms with Crippen LogP contribution in [0.4, 0.5) is 19.0 Å². The standard InChI is InChI=1S/C21H17ClF3N5/c22-15-7-8-17-16(12-15)19(29-9-2-1-3-10-29)26-20-18(27-28-30(17)20)13-5-4-6-14(11-13)21(23,24)25/h4-8,11-12H,1-3,9-10H2. The van der Waals surface area contributed by atoms with Gasteiger partial charge in [-0.2, -0.15) is 17.7 Å². The van der Waals surface area contributed by atoms with Crippen molar-refractivity contribution in [2.24, 2.45) is 0 Å². The zero-order valence-corrected chi connectivity index (χ0v) is 16.6. The lowest BCUT2D eigenvalue weighted by molar-refractivity contribution is -0.137. The van der Waals surface area contributed by atoms with E-state index in [0.717, 1.165) is 54.8 Å². The summed E-state index contributed by atoms with van der Waals surface area (Å²) >= 11 is 6.24. The van der Waals surface area contributed by atoms with Gasteiger partial charge in [-0.1, -0.05) is 28.9 Å². The number of hydrogen-bond donors (Lipinski definition) is 0. The molecule has 5 nitrogen and oxygen atoms in total. The van der Waals surface area contributed by atoms with Crippen LogP contribution in [0.5, 0.6) is 0 Å². The normalized spacial score (nSPS) is 15.3. The third kappa shape index (κ3) is 3.25. The Morgan fingerprint density at radius 3 is 2.53 bits per heavy atom. The maximum Gasteiger partial charge on any atom is 0.416 e. The van der Waals surface area contributed by atoms with Crippen molar-refractivity contribution < 1.29 is 13.2 Å². The second kappa shape index (κ2) is 7.12. The summed E-state index contributed by atoms with van der Waals surface area (Å²) in [6, 6.07) is 10.5. The number of fused-ring (bicyclic) bond motifs is 3. The Bertz CT molecular complexity index is 1240. The van der Waals surface area contributed by atoms with E-state index in [4.69, 9.17) is 16.6 Å². The van der Waals surface area contributed by atoms with E-state index in [2.05, 4.69) is 15.2 Å². The average molecular weight is 432 g/mol. The van der Waals surface area contributed by atoms with Gasteiger partial charge in [0.1, 0.15) is 11.5 Å². The number of anilines is 1. The number of alkyl halides is 3. The highest BCUT2D eigenvalue weighted by molar-refractivity contribution is 6.31. The van der Waals surface area contributed by atoms with Gasteiger partial charge in [0.25, 0.3) is 0 Å². The van der Waals surface area contributed by atoms with Gasteiger partial charge in [0.05, 0.1) is 11.1 Å². The molecule has 0 aliphatic carbocycles. The van der Waals surface area contributed by atoms with Gasteiger partial charge in [0, 0.05) is 29.1 Å². The highest BCUT2D eigenvalue weighted by Gasteiger charge is 2.31. The van der Waals surface area contributed by atoms with Gasteiger partial charge in [-0.25, -0.2) is 4.98 Å². The lowest BCUT2D eigenvalue weighted by atomic mass is 10.1. The predicted molar refractivity (Wildman–Crippen MR) is 110 cm³/mol. The van der Waals surface area contributed by atoms with E-state index < -0.39 is 11.7 Å². The molecule has 0 unspecified atom stereocenters. The van der Waals surface area contributed by atoms with Crippen LogP contribution in [0.15, 0.2) is 42.5 Å². The number of aromatic nitrogens is 4. The number of nitrogens with zero attached hydrogens (tertiary/aromatic N) is 5. The van der Waals surface area contributed by atoms with Crippen molar-refractivity contribution in [1.82, 2.24) is 19.8 Å². The zero-order chi connectivity index (χ0) is 20.9. The summed E-state index contributed by atoms with van der Waals surface area (Å²) in [5.74, 6) is 0.759. The Balaban J connectivity index is 1.75. The van der Waals surface area contributed by atoms with Crippen LogP contribution in [0.2, 0.25) is 5.02 Å². The first kappa shape index (κ1) is 19.1. The molecule has 2 aromatic heterocycles. The lowest BCUT2D eigenvalue weighted by Crippen LogP contribution is -2.30. The van der Waals surface area contributed by atoms with E-state index in [9.17, 15) is 13.2 Å². The van der Waals surface area contributed by atoms with Crippen LogP contribution in [-0.4, -0.2) is 32.9 Å². The summed E-state index contributed by atoms with van der Waals surface area (Å²) in [6.45, 7) is 1.73. The van der Waals surface area contributed by atoms with Crippen molar-refractivity contribution in [2.45, 2.75) is 25.4 Å². The highest BCUT2D eigenvalue weighted by atomic mass is 35.5. The second-order valence-electron chi connectivity index (χ2n) is 7.40. The van der Waals surface area contributed by atoms with Gasteiger partial charge in [0.2, 0.25) is 0 Å². The molecule has 1 fully saturated rings. The Hall–Kier alpha value is -2.87. The van der Waals surface area contributed by atoms with Crippen LogP contribution in [0.3, 0.4) is 0 Å². The van der Waals surface area contributed by atoms with E-state index in [1.54, 1.807) is 16.6 Å². The molecule has 0 radical (unpaired) electrons. The fraction of sp³-hybridized carbons (Fsp3) is 0.286. The summed E-state index contributed by atoms with van der Waals surface area (Å²) < 4.78 is 41.2. The molecule has 154 valence electrons. The number of hydrogen-bond acceptors (Lipinski definition) is 4. The van der Waals surface area contributed by atoms with Crippen LogP contribution in [0, 0.1) is 0 Å². The minimum Gasteiger partial charge on any atom is -0.356 e. The minimum absolute atomic E-state index is 0.316. The third-order valence-corrected chi connectivity index (χ3v) is 5.64. The van der Waals surface area contributed by atoms with Crippen LogP contribution < -0.4 is 4.90 Å². The van der Waals surface area contributed by atoms with Crippen LogP contribution in [0.1, 0.15) is 24.8 Å². The van der Waals surface area contributed by atoms with E-state index in [1.165, 1.54) is 12.5 Å². The third-order valence-electron chi connectivity index (χ3n) is 5.41. The van der Waals surface area contributed by atoms with E-state index in [1.807, 2.05) is 12.1 Å². The van der Waals surface area contributed by atoms with Crippen LogP contribution in [0.25, 0.3) is 27.8 Å². The minimum atomic E-state index is -4.44. The van der Waals surface area contributed by atoms with Crippen LogP contribution in [-0.2, 0) is 6.18 Å². The Labute approximate surface area is 175 Å². The number of rotatable bonds is 2. The Kier molecular flexibility index (Phi) is 4.54. The molecule has 3 heterocycles. The fourth-order valence-corrected chi connectivity index (χ4v) is 4.12. The maximum atomic E-state index is 13.2. The fourth-order valence-electron chi connectivity index (χ4n) is 3.95. The quantitative estimate of drug-likeness (QED) is 0.414. The first-order valence-corrected chi connectivity index (χ1v) is 10.1. The maximum absolute atomic E-state index is 13.2. The van der Waals surface area contributed by atoms with Crippen molar-refractivity contribution in [3.63, 3.8) is 0 Å². The molecule has 1 aliphatic heterocycles. The molecule has 4 aromatic rings. The molecule has 0 atom stereocenters. The lowest BCUT2D eigenvalue weighted by Gasteiger charge is -2.28. The number of piperidine rings is 1. The van der Waals surface area contributed by atoms with E-state index in [0.29, 0.717) is 21.9 Å². The number of benzene rings is 2. The van der Waals surface area contributed by atoms with Crippen molar-refractivity contribution >= 4 is 34.0 Å². The molecule has 30 heavy (non-hydrogen) atoms.